The molecule has 120 valence electrons. The molecule has 2 aromatic heterocycles. The van der Waals surface area contributed by atoms with Crippen LogP contribution < -0.4 is 0 Å². The topological polar surface area (TPSA) is 42.9 Å². The number of hydrogen-bond acceptors (Lipinski definition) is 3. The highest BCUT2D eigenvalue weighted by Gasteiger charge is 2.19. The number of carbonyl (C=O) groups excluding carboxylic acids is 1. The van der Waals surface area contributed by atoms with Gasteiger partial charge in [-0.05, 0) is 35.9 Å². The second-order valence-corrected chi connectivity index (χ2v) is 5.61. The summed E-state index contributed by atoms with van der Waals surface area (Å²) in [6.07, 6.45) is 2.41. The van der Waals surface area contributed by atoms with Crippen LogP contribution >= 0.6 is 0 Å². The molecule has 0 unspecified atom stereocenters. The summed E-state index contributed by atoms with van der Waals surface area (Å²) in [4.78, 5) is 20.6. The van der Waals surface area contributed by atoms with Crippen molar-refractivity contribution >= 4 is 17.2 Å². The van der Waals surface area contributed by atoms with Crippen LogP contribution in [-0.4, -0.2) is 16.3 Å². The van der Waals surface area contributed by atoms with Crippen LogP contribution in [0.5, 0.6) is 0 Å². The molecule has 0 atom stereocenters. The second kappa shape index (κ2) is 6.24. The maximum absolute atomic E-state index is 13.9. The monoisotopic (exact) mass is 328 g/mol. The first-order valence-corrected chi connectivity index (χ1v) is 7.83. The maximum Gasteiger partial charge on any atom is 0.169 e. The summed E-state index contributed by atoms with van der Waals surface area (Å²) in [5.74, 6) is -0.357. The zero-order chi connectivity index (χ0) is 17.2. The van der Waals surface area contributed by atoms with E-state index in [4.69, 9.17) is 0 Å². The molecule has 4 rings (SSSR count). The fourth-order valence-electron chi connectivity index (χ4n) is 3.01. The first-order valence-electron chi connectivity index (χ1n) is 7.83. The second-order valence-electron chi connectivity index (χ2n) is 5.61. The predicted molar refractivity (Wildman–Crippen MR) is 95.8 cm³/mol. The summed E-state index contributed by atoms with van der Waals surface area (Å²) >= 11 is 0. The molecule has 0 N–H and O–H groups in total. The van der Waals surface area contributed by atoms with Crippen molar-refractivity contribution in [1.82, 2.24) is 9.97 Å². The number of nitrogens with zero attached hydrogens (tertiary/aromatic N) is 2. The number of pyridine rings is 2. The third-order valence-corrected chi connectivity index (χ3v) is 4.07. The average Bonchev–Trinajstić information content (AvgIpc) is 2.68. The lowest BCUT2D eigenvalue weighted by Crippen LogP contribution is -1.99. The lowest BCUT2D eigenvalue weighted by atomic mass is 9.92. The molecular weight excluding hydrogens is 315 g/mol. The van der Waals surface area contributed by atoms with Gasteiger partial charge < -0.3 is 0 Å². The van der Waals surface area contributed by atoms with E-state index in [1.165, 1.54) is 12.1 Å². The molecule has 0 aliphatic carbocycles. The Labute approximate surface area is 143 Å². The Kier molecular flexibility index (Phi) is 3.78. The third kappa shape index (κ3) is 2.68. The van der Waals surface area contributed by atoms with E-state index in [-0.39, 0.29) is 5.82 Å². The van der Waals surface area contributed by atoms with Crippen molar-refractivity contribution in [2.45, 2.75) is 0 Å². The van der Waals surface area contributed by atoms with Gasteiger partial charge in [0.1, 0.15) is 11.5 Å². The number of aromatic nitrogens is 2. The van der Waals surface area contributed by atoms with Gasteiger partial charge in [-0.25, -0.2) is 9.37 Å². The number of carbonyl (C=O) groups is 1. The molecule has 0 radical (unpaired) electrons. The Balaban J connectivity index is 2.20. The minimum Gasteiger partial charge on any atom is -0.296 e. The SMILES string of the molecule is O=Cc1nc2ccc(F)cc2c(-c2ccccn2)c1-c1ccccc1. The lowest BCUT2D eigenvalue weighted by Gasteiger charge is -2.15. The van der Waals surface area contributed by atoms with Crippen LogP contribution in [0.3, 0.4) is 0 Å². The molecule has 4 aromatic rings. The van der Waals surface area contributed by atoms with Gasteiger partial charge in [0, 0.05) is 22.7 Å². The molecule has 0 amide bonds. The van der Waals surface area contributed by atoms with Gasteiger partial charge >= 0.3 is 0 Å². The molecule has 0 spiro atoms. The van der Waals surface area contributed by atoms with Gasteiger partial charge in [-0.1, -0.05) is 36.4 Å². The van der Waals surface area contributed by atoms with Crippen molar-refractivity contribution < 1.29 is 9.18 Å². The Morgan fingerprint density at radius 1 is 0.880 bits per heavy atom. The normalized spacial score (nSPS) is 10.8. The zero-order valence-corrected chi connectivity index (χ0v) is 13.2. The molecule has 0 bridgehead atoms. The molecule has 2 heterocycles. The minimum atomic E-state index is -0.357. The van der Waals surface area contributed by atoms with Gasteiger partial charge in [-0.2, -0.15) is 0 Å². The summed E-state index contributed by atoms with van der Waals surface area (Å²) < 4.78 is 13.9. The van der Waals surface area contributed by atoms with E-state index < -0.39 is 0 Å². The Hall–Kier alpha value is -3.40. The number of fused-ring (bicyclic) bond motifs is 1. The lowest BCUT2D eigenvalue weighted by molar-refractivity contribution is 0.112. The van der Waals surface area contributed by atoms with Gasteiger partial charge in [-0.15, -0.1) is 0 Å². The molecule has 0 saturated heterocycles. The van der Waals surface area contributed by atoms with Gasteiger partial charge in [0.05, 0.1) is 11.2 Å². The van der Waals surface area contributed by atoms with Crippen molar-refractivity contribution in [2.75, 3.05) is 0 Å². The highest BCUT2D eigenvalue weighted by atomic mass is 19.1. The van der Waals surface area contributed by atoms with Gasteiger partial charge in [0.25, 0.3) is 0 Å². The van der Waals surface area contributed by atoms with Crippen LogP contribution in [0.4, 0.5) is 4.39 Å². The van der Waals surface area contributed by atoms with Gasteiger partial charge in [0.2, 0.25) is 0 Å². The van der Waals surface area contributed by atoms with Gasteiger partial charge in [-0.3, -0.25) is 9.78 Å². The fraction of sp³-hybridized carbons (Fsp3) is 0. The van der Waals surface area contributed by atoms with E-state index in [2.05, 4.69) is 9.97 Å². The molecule has 2 aromatic carbocycles. The van der Waals surface area contributed by atoms with E-state index in [1.807, 2.05) is 48.5 Å². The molecule has 4 heteroatoms. The number of benzene rings is 2. The molecular formula is C21H13FN2O. The fourth-order valence-corrected chi connectivity index (χ4v) is 3.01. The third-order valence-electron chi connectivity index (χ3n) is 4.07. The summed E-state index contributed by atoms with van der Waals surface area (Å²) in [5, 5.41) is 0.628. The number of halogens is 1. The molecule has 25 heavy (non-hydrogen) atoms. The van der Waals surface area contributed by atoms with Crippen molar-refractivity contribution in [3.05, 3.63) is 84.4 Å². The Bertz CT molecular complexity index is 1060. The smallest absolute Gasteiger partial charge is 0.169 e. The van der Waals surface area contributed by atoms with Crippen molar-refractivity contribution in [1.29, 1.82) is 0 Å². The molecule has 3 nitrogen and oxygen atoms in total. The van der Waals surface area contributed by atoms with E-state index in [0.717, 1.165) is 11.8 Å². The summed E-state index contributed by atoms with van der Waals surface area (Å²) in [6, 6.07) is 19.4. The summed E-state index contributed by atoms with van der Waals surface area (Å²) in [7, 11) is 0. The van der Waals surface area contributed by atoms with Crippen molar-refractivity contribution in [3.8, 4) is 22.4 Å². The molecule has 0 fully saturated rings. The van der Waals surface area contributed by atoms with E-state index in [0.29, 0.717) is 33.4 Å². The molecule has 0 aliphatic rings. The first-order chi connectivity index (χ1) is 12.3. The van der Waals surface area contributed by atoms with Crippen molar-refractivity contribution in [2.24, 2.45) is 0 Å². The van der Waals surface area contributed by atoms with Crippen LogP contribution in [-0.2, 0) is 0 Å². The van der Waals surface area contributed by atoms with Crippen LogP contribution in [0, 0.1) is 5.82 Å². The van der Waals surface area contributed by atoms with E-state index >= 15 is 0 Å². The Morgan fingerprint density at radius 3 is 2.40 bits per heavy atom. The van der Waals surface area contributed by atoms with E-state index in [1.54, 1.807) is 12.3 Å². The number of hydrogen-bond donors (Lipinski definition) is 0. The van der Waals surface area contributed by atoms with E-state index in [9.17, 15) is 9.18 Å². The number of rotatable bonds is 3. The summed E-state index contributed by atoms with van der Waals surface area (Å²) in [5.41, 5.74) is 3.74. The number of aldehydes is 1. The Morgan fingerprint density at radius 2 is 1.68 bits per heavy atom. The highest BCUT2D eigenvalue weighted by Crippen LogP contribution is 2.38. The predicted octanol–water partition coefficient (Wildman–Crippen LogP) is 4.92. The van der Waals surface area contributed by atoms with Crippen LogP contribution in [0.15, 0.2) is 72.9 Å². The quantitative estimate of drug-likeness (QED) is 0.502. The molecule has 0 aliphatic heterocycles. The minimum absolute atomic E-state index is 0.311. The zero-order valence-electron chi connectivity index (χ0n) is 13.2. The van der Waals surface area contributed by atoms with Gasteiger partial charge in [0.15, 0.2) is 6.29 Å². The van der Waals surface area contributed by atoms with Crippen molar-refractivity contribution in [3.63, 3.8) is 0 Å². The summed E-state index contributed by atoms with van der Waals surface area (Å²) in [6.45, 7) is 0. The van der Waals surface area contributed by atoms with Crippen LogP contribution in [0.25, 0.3) is 33.3 Å². The molecule has 0 saturated carbocycles. The maximum atomic E-state index is 13.9. The standard InChI is InChI=1S/C21H13FN2O/c22-15-9-10-17-16(12-15)21(18-8-4-5-11-23-18)20(19(13-25)24-17)14-6-2-1-3-7-14/h1-13H. The first kappa shape index (κ1) is 15.1. The average molecular weight is 328 g/mol. The van der Waals surface area contributed by atoms with Crippen LogP contribution in [0.2, 0.25) is 0 Å². The highest BCUT2D eigenvalue weighted by molar-refractivity contribution is 6.06. The van der Waals surface area contributed by atoms with Crippen LogP contribution in [0.1, 0.15) is 10.5 Å². The largest absolute Gasteiger partial charge is 0.296 e.